The Balaban J connectivity index is 1.62. The second-order valence-electron chi connectivity index (χ2n) is 7.09. The van der Waals surface area contributed by atoms with Gasteiger partial charge in [-0.2, -0.15) is 4.99 Å². The third-order valence-electron chi connectivity index (χ3n) is 5.36. The quantitative estimate of drug-likeness (QED) is 0.881. The zero-order chi connectivity index (χ0) is 18.3. The second kappa shape index (κ2) is 6.21. The van der Waals surface area contributed by atoms with Gasteiger partial charge in [0.05, 0.1) is 11.7 Å². The molecule has 0 saturated carbocycles. The summed E-state index contributed by atoms with van der Waals surface area (Å²) < 4.78 is 1.61. The molecule has 6 nitrogen and oxygen atoms in total. The minimum absolute atomic E-state index is 0.0479. The van der Waals surface area contributed by atoms with Crippen molar-refractivity contribution in [3.63, 3.8) is 0 Å². The van der Waals surface area contributed by atoms with E-state index < -0.39 is 5.54 Å². The molecule has 134 valence electrons. The van der Waals surface area contributed by atoms with Gasteiger partial charge in [0.1, 0.15) is 11.4 Å². The molecular weight excluding hydrogens is 328 g/mol. The maximum absolute atomic E-state index is 12.6. The molecule has 2 aromatic rings. The molecule has 2 aliphatic rings. The van der Waals surface area contributed by atoms with Crippen molar-refractivity contribution in [1.29, 1.82) is 0 Å². The van der Waals surface area contributed by atoms with Crippen molar-refractivity contribution < 1.29 is 4.79 Å². The van der Waals surface area contributed by atoms with E-state index in [1.807, 2.05) is 37.3 Å². The van der Waals surface area contributed by atoms with Crippen LogP contribution in [0.5, 0.6) is 0 Å². The molecule has 2 unspecified atom stereocenters. The molecule has 4 rings (SSSR count). The molecule has 1 aromatic carbocycles. The molecule has 0 bridgehead atoms. The van der Waals surface area contributed by atoms with Gasteiger partial charge >= 0.3 is 0 Å². The lowest BCUT2D eigenvalue weighted by atomic mass is 9.91. The first-order valence-corrected chi connectivity index (χ1v) is 8.90. The minimum atomic E-state index is -0.847. The number of nitrogens with zero attached hydrogens (tertiary/aromatic N) is 2. The molecule has 0 spiro atoms. The Morgan fingerprint density at radius 3 is 2.62 bits per heavy atom. The monoisotopic (exact) mass is 350 g/mol. The Bertz CT molecular complexity index is 939. The summed E-state index contributed by atoms with van der Waals surface area (Å²) >= 11 is 0. The SMILES string of the molecule is Cn1c(-c2ccc(C3(C)NC(C4CCCN4)=NC3=O)cc2)cccc1=O. The van der Waals surface area contributed by atoms with E-state index in [2.05, 4.69) is 15.6 Å². The second-order valence-corrected chi connectivity index (χ2v) is 7.09. The molecule has 26 heavy (non-hydrogen) atoms. The molecule has 6 heteroatoms. The van der Waals surface area contributed by atoms with Gasteiger partial charge in [0.2, 0.25) is 0 Å². The van der Waals surface area contributed by atoms with Gasteiger partial charge in [-0.05, 0) is 43.5 Å². The maximum Gasteiger partial charge on any atom is 0.277 e. The van der Waals surface area contributed by atoms with Crippen LogP contribution in [0.1, 0.15) is 25.3 Å². The summed E-state index contributed by atoms with van der Waals surface area (Å²) in [5.74, 6) is 0.575. The first-order chi connectivity index (χ1) is 12.5. The predicted molar refractivity (Wildman–Crippen MR) is 101 cm³/mol. The van der Waals surface area contributed by atoms with E-state index in [1.165, 1.54) is 6.07 Å². The average molecular weight is 350 g/mol. The molecule has 3 heterocycles. The number of pyridine rings is 1. The first kappa shape index (κ1) is 16.7. The normalized spacial score (nSPS) is 25.2. The fraction of sp³-hybridized carbons (Fsp3) is 0.350. The highest BCUT2D eigenvalue weighted by molar-refractivity contribution is 6.08. The van der Waals surface area contributed by atoms with Crippen LogP contribution in [-0.2, 0) is 17.4 Å². The molecule has 1 saturated heterocycles. The number of carbonyl (C=O) groups excluding carboxylic acids is 1. The molecule has 0 aliphatic carbocycles. The van der Waals surface area contributed by atoms with Crippen LogP contribution in [0.2, 0.25) is 0 Å². The van der Waals surface area contributed by atoms with Crippen molar-refractivity contribution in [2.45, 2.75) is 31.3 Å². The highest BCUT2D eigenvalue weighted by atomic mass is 16.2. The van der Waals surface area contributed by atoms with E-state index in [0.717, 1.165) is 42.0 Å². The largest absolute Gasteiger partial charge is 0.355 e. The first-order valence-electron chi connectivity index (χ1n) is 8.90. The van der Waals surface area contributed by atoms with Crippen molar-refractivity contribution in [3.8, 4) is 11.3 Å². The fourth-order valence-corrected chi connectivity index (χ4v) is 3.67. The van der Waals surface area contributed by atoms with Crippen molar-refractivity contribution >= 4 is 11.7 Å². The van der Waals surface area contributed by atoms with E-state index in [-0.39, 0.29) is 17.5 Å². The Labute approximate surface area is 152 Å². The number of benzene rings is 1. The minimum Gasteiger partial charge on any atom is -0.355 e. The van der Waals surface area contributed by atoms with Crippen LogP contribution in [0.3, 0.4) is 0 Å². The van der Waals surface area contributed by atoms with Gasteiger partial charge in [-0.1, -0.05) is 30.3 Å². The summed E-state index contributed by atoms with van der Waals surface area (Å²) in [6, 6.07) is 13.1. The van der Waals surface area contributed by atoms with Crippen LogP contribution in [0.4, 0.5) is 0 Å². The van der Waals surface area contributed by atoms with E-state index in [9.17, 15) is 9.59 Å². The van der Waals surface area contributed by atoms with Gasteiger partial charge in [-0.25, -0.2) is 0 Å². The number of aliphatic imine (C=N–C) groups is 1. The zero-order valence-corrected chi connectivity index (χ0v) is 15.0. The lowest BCUT2D eigenvalue weighted by Crippen LogP contribution is -2.47. The summed E-state index contributed by atoms with van der Waals surface area (Å²) in [4.78, 5) is 28.7. The van der Waals surface area contributed by atoms with E-state index in [4.69, 9.17) is 0 Å². The summed E-state index contributed by atoms with van der Waals surface area (Å²) in [7, 11) is 1.75. The van der Waals surface area contributed by atoms with Gasteiger partial charge in [0.15, 0.2) is 0 Å². The van der Waals surface area contributed by atoms with Crippen LogP contribution >= 0.6 is 0 Å². The van der Waals surface area contributed by atoms with Gasteiger partial charge < -0.3 is 15.2 Å². The molecular formula is C20H22N4O2. The van der Waals surface area contributed by atoms with Crippen LogP contribution in [0.25, 0.3) is 11.3 Å². The molecule has 0 radical (unpaired) electrons. The van der Waals surface area contributed by atoms with Gasteiger partial charge in [-0.15, -0.1) is 0 Å². The van der Waals surface area contributed by atoms with Crippen molar-refractivity contribution in [2.75, 3.05) is 6.54 Å². The number of amidine groups is 1. The van der Waals surface area contributed by atoms with E-state index >= 15 is 0 Å². The molecule has 1 aromatic heterocycles. The standard InChI is InChI=1S/C20H22N4O2/c1-20(19(26)22-18(23-20)15-5-4-12-21-15)14-10-8-13(9-11-14)16-6-3-7-17(25)24(16)2/h3,6-11,15,21H,4-5,12H2,1-2H3,(H,22,23,26). The van der Waals surface area contributed by atoms with Gasteiger partial charge in [-0.3, -0.25) is 9.59 Å². The molecule has 1 fully saturated rings. The Kier molecular flexibility index (Phi) is 4.00. The number of carbonyl (C=O) groups is 1. The van der Waals surface area contributed by atoms with Crippen molar-refractivity contribution in [3.05, 3.63) is 58.4 Å². The lowest BCUT2D eigenvalue weighted by Gasteiger charge is -2.25. The van der Waals surface area contributed by atoms with Crippen molar-refractivity contribution in [2.24, 2.45) is 12.0 Å². The summed E-state index contributed by atoms with van der Waals surface area (Å²) in [6.45, 7) is 2.83. The Morgan fingerprint density at radius 1 is 1.15 bits per heavy atom. The average Bonchev–Trinajstić information content (AvgIpc) is 3.27. The van der Waals surface area contributed by atoms with Crippen LogP contribution in [0, 0.1) is 0 Å². The smallest absolute Gasteiger partial charge is 0.277 e. The number of hydrogen-bond donors (Lipinski definition) is 2. The molecule has 2 aliphatic heterocycles. The number of rotatable bonds is 3. The van der Waals surface area contributed by atoms with E-state index in [0.29, 0.717) is 0 Å². The molecule has 2 N–H and O–H groups in total. The summed E-state index contributed by atoms with van der Waals surface area (Å²) in [5, 5.41) is 6.71. The highest BCUT2D eigenvalue weighted by Gasteiger charge is 2.43. The van der Waals surface area contributed by atoms with Crippen molar-refractivity contribution in [1.82, 2.24) is 15.2 Å². The fourth-order valence-electron chi connectivity index (χ4n) is 3.67. The number of hydrogen-bond acceptors (Lipinski definition) is 4. The van der Waals surface area contributed by atoms with Crippen LogP contribution in [-0.4, -0.2) is 28.9 Å². The zero-order valence-electron chi connectivity index (χ0n) is 15.0. The molecule has 1 amide bonds. The highest BCUT2D eigenvalue weighted by Crippen LogP contribution is 2.29. The maximum atomic E-state index is 12.6. The van der Waals surface area contributed by atoms with Crippen LogP contribution < -0.4 is 16.2 Å². The Hall–Kier alpha value is -2.73. The third-order valence-corrected chi connectivity index (χ3v) is 5.36. The summed E-state index contributed by atoms with van der Waals surface area (Å²) in [5.41, 5.74) is 1.74. The molecule has 2 atom stereocenters. The van der Waals surface area contributed by atoms with E-state index in [1.54, 1.807) is 17.7 Å². The van der Waals surface area contributed by atoms with Gasteiger partial charge in [0, 0.05) is 13.1 Å². The number of amides is 1. The topological polar surface area (TPSA) is 75.5 Å². The predicted octanol–water partition coefficient (Wildman–Crippen LogP) is 1.55. The number of nitrogens with one attached hydrogen (secondary N) is 2. The van der Waals surface area contributed by atoms with Crippen LogP contribution in [0.15, 0.2) is 52.3 Å². The Morgan fingerprint density at radius 2 is 1.92 bits per heavy atom. The van der Waals surface area contributed by atoms with Gasteiger partial charge in [0.25, 0.3) is 11.5 Å². The summed E-state index contributed by atoms with van der Waals surface area (Å²) in [6.07, 6.45) is 2.09. The third kappa shape index (κ3) is 2.66. The lowest BCUT2D eigenvalue weighted by molar-refractivity contribution is -0.122. The number of aromatic nitrogens is 1.